The second kappa shape index (κ2) is 10.2. The van der Waals surface area contributed by atoms with Crippen LogP contribution in [0.1, 0.15) is 5.56 Å². The number of anilines is 1. The van der Waals surface area contributed by atoms with Gasteiger partial charge in [0, 0.05) is 17.2 Å². The number of methoxy groups -OCH3 is 3. The van der Waals surface area contributed by atoms with E-state index < -0.39 is 11.8 Å². The van der Waals surface area contributed by atoms with Crippen LogP contribution in [-0.4, -0.2) is 49.6 Å². The predicted octanol–water partition coefficient (Wildman–Crippen LogP) is 2.32. The molecule has 3 rings (SSSR count). The van der Waals surface area contributed by atoms with E-state index in [0.717, 1.165) is 16.9 Å². The van der Waals surface area contributed by atoms with Gasteiger partial charge < -0.3 is 14.2 Å². The zero-order valence-corrected chi connectivity index (χ0v) is 17.7. The van der Waals surface area contributed by atoms with Gasteiger partial charge in [0.05, 0.1) is 27.5 Å². The summed E-state index contributed by atoms with van der Waals surface area (Å²) in [5.41, 5.74) is 3.53. The summed E-state index contributed by atoms with van der Waals surface area (Å²) in [6.07, 6.45) is 1.32. The SMILES string of the molecule is COc1cc(OC)c(OC)cc1/C=N/NC(=O)C(=O)Nc1nnc(-c2ccccc2)s1. The number of nitrogens with one attached hydrogen (secondary N) is 2. The van der Waals surface area contributed by atoms with Crippen LogP contribution >= 0.6 is 11.3 Å². The second-order valence-corrected chi connectivity index (χ2v) is 6.86. The molecule has 2 amide bonds. The summed E-state index contributed by atoms with van der Waals surface area (Å²) in [6.45, 7) is 0. The third kappa shape index (κ3) is 5.34. The van der Waals surface area contributed by atoms with Crippen molar-refractivity contribution in [2.45, 2.75) is 0 Å². The summed E-state index contributed by atoms with van der Waals surface area (Å²) in [5.74, 6) is -0.507. The van der Waals surface area contributed by atoms with Crippen LogP contribution in [0.25, 0.3) is 10.6 Å². The second-order valence-electron chi connectivity index (χ2n) is 5.88. The lowest BCUT2D eigenvalue weighted by Gasteiger charge is -2.11. The lowest BCUT2D eigenvalue weighted by molar-refractivity contribution is -0.136. The topological polar surface area (TPSA) is 124 Å². The molecule has 11 heteroatoms. The highest BCUT2D eigenvalue weighted by Gasteiger charge is 2.16. The first-order valence-corrected chi connectivity index (χ1v) is 9.70. The maximum absolute atomic E-state index is 12.1. The molecule has 10 nitrogen and oxygen atoms in total. The van der Waals surface area contributed by atoms with Crippen molar-refractivity contribution < 1.29 is 23.8 Å². The molecule has 1 heterocycles. The molecule has 31 heavy (non-hydrogen) atoms. The van der Waals surface area contributed by atoms with Crippen LogP contribution in [0.2, 0.25) is 0 Å². The minimum atomic E-state index is -0.966. The van der Waals surface area contributed by atoms with Crippen LogP contribution in [-0.2, 0) is 9.59 Å². The number of hydrogen-bond donors (Lipinski definition) is 2. The van der Waals surface area contributed by atoms with Gasteiger partial charge >= 0.3 is 11.8 Å². The van der Waals surface area contributed by atoms with Gasteiger partial charge in [0.1, 0.15) is 10.8 Å². The molecular formula is C20H19N5O5S. The highest BCUT2D eigenvalue weighted by Crippen LogP contribution is 2.33. The first-order valence-electron chi connectivity index (χ1n) is 8.89. The maximum Gasteiger partial charge on any atom is 0.329 e. The number of aromatic nitrogens is 2. The van der Waals surface area contributed by atoms with Crippen molar-refractivity contribution in [1.29, 1.82) is 0 Å². The Balaban J connectivity index is 1.62. The summed E-state index contributed by atoms with van der Waals surface area (Å²) >= 11 is 1.15. The van der Waals surface area contributed by atoms with Gasteiger partial charge in [-0.2, -0.15) is 5.10 Å². The Morgan fingerprint density at radius 2 is 1.61 bits per heavy atom. The van der Waals surface area contributed by atoms with E-state index in [1.54, 1.807) is 12.1 Å². The number of hydrogen-bond acceptors (Lipinski definition) is 9. The third-order valence-corrected chi connectivity index (χ3v) is 4.87. The Kier molecular flexibility index (Phi) is 7.12. The molecule has 0 aliphatic carbocycles. The molecule has 0 radical (unpaired) electrons. The predicted molar refractivity (Wildman–Crippen MR) is 116 cm³/mol. The van der Waals surface area contributed by atoms with Crippen LogP contribution in [0.15, 0.2) is 47.6 Å². The van der Waals surface area contributed by atoms with Crippen LogP contribution in [0.4, 0.5) is 5.13 Å². The average molecular weight is 441 g/mol. The first-order chi connectivity index (χ1) is 15.0. The standard InChI is InChI=1S/C20H19N5O5S/c1-28-14-10-16(30-3)15(29-2)9-13(14)11-21-23-18(27)17(26)22-20-25-24-19(31-20)12-7-5-4-6-8-12/h4-11H,1-3H3,(H,23,27)(H,22,25,26)/b21-11+. The van der Waals surface area contributed by atoms with Gasteiger partial charge in [-0.15, -0.1) is 10.2 Å². The number of benzene rings is 2. The Morgan fingerprint density at radius 1 is 0.935 bits per heavy atom. The van der Waals surface area contributed by atoms with Crippen molar-refractivity contribution >= 4 is 34.5 Å². The zero-order valence-electron chi connectivity index (χ0n) is 16.9. The van der Waals surface area contributed by atoms with Gasteiger partial charge in [0.2, 0.25) is 5.13 Å². The van der Waals surface area contributed by atoms with E-state index in [-0.39, 0.29) is 5.13 Å². The van der Waals surface area contributed by atoms with Crippen LogP contribution < -0.4 is 25.0 Å². The van der Waals surface area contributed by atoms with Crippen molar-refractivity contribution in [3.63, 3.8) is 0 Å². The number of hydrazone groups is 1. The van der Waals surface area contributed by atoms with Crippen molar-refractivity contribution in [3.8, 4) is 27.8 Å². The highest BCUT2D eigenvalue weighted by atomic mass is 32.1. The Bertz CT molecular complexity index is 1100. The minimum Gasteiger partial charge on any atom is -0.496 e. The first kappa shape index (κ1) is 21.7. The fourth-order valence-electron chi connectivity index (χ4n) is 2.49. The van der Waals surface area contributed by atoms with Gasteiger partial charge in [-0.05, 0) is 6.07 Å². The summed E-state index contributed by atoms with van der Waals surface area (Å²) in [7, 11) is 4.48. The van der Waals surface area contributed by atoms with E-state index in [1.165, 1.54) is 27.5 Å². The number of rotatable bonds is 7. The summed E-state index contributed by atoms with van der Waals surface area (Å²) in [4.78, 5) is 24.1. The van der Waals surface area contributed by atoms with Gasteiger partial charge in [-0.3, -0.25) is 14.9 Å². The molecule has 0 atom stereocenters. The van der Waals surface area contributed by atoms with Crippen molar-refractivity contribution in [2.24, 2.45) is 5.10 Å². The monoisotopic (exact) mass is 441 g/mol. The van der Waals surface area contributed by atoms with E-state index in [4.69, 9.17) is 14.2 Å². The fourth-order valence-corrected chi connectivity index (χ4v) is 3.23. The summed E-state index contributed by atoms with van der Waals surface area (Å²) < 4.78 is 15.7. The Morgan fingerprint density at radius 3 is 2.29 bits per heavy atom. The minimum absolute atomic E-state index is 0.199. The number of carbonyl (C=O) groups excluding carboxylic acids is 2. The lowest BCUT2D eigenvalue weighted by Crippen LogP contribution is -2.32. The normalized spacial score (nSPS) is 10.5. The molecular weight excluding hydrogens is 422 g/mol. The molecule has 0 spiro atoms. The van der Waals surface area contributed by atoms with Gasteiger partial charge in [0.25, 0.3) is 0 Å². The van der Waals surface area contributed by atoms with Gasteiger partial charge in [-0.1, -0.05) is 41.7 Å². The molecule has 2 aromatic carbocycles. The van der Waals surface area contributed by atoms with E-state index in [0.29, 0.717) is 27.8 Å². The molecule has 0 aliphatic rings. The molecule has 0 unspecified atom stereocenters. The van der Waals surface area contributed by atoms with Crippen molar-refractivity contribution in [3.05, 3.63) is 48.0 Å². The molecule has 0 saturated heterocycles. The van der Waals surface area contributed by atoms with Crippen molar-refractivity contribution in [2.75, 3.05) is 26.6 Å². The fraction of sp³-hybridized carbons (Fsp3) is 0.150. The lowest BCUT2D eigenvalue weighted by atomic mass is 10.2. The number of carbonyl (C=O) groups is 2. The van der Waals surface area contributed by atoms with Gasteiger partial charge in [-0.25, -0.2) is 5.43 Å². The zero-order chi connectivity index (χ0) is 22.2. The Labute approximate surface area is 181 Å². The molecule has 0 aliphatic heterocycles. The average Bonchev–Trinajstić information content (AvgIpc) is 3.27. The summed E-state index contributed by atoms with van der Waals surface area (Å²) in [5, 5.41) is 14.9. The van der Waals surface area contributed by atoms with E-state index in [9.17, 15) is 9.59 Å². The quantitative estimate of drug-likeness (QED) is 0.328. The van der Waals surface area contributed by atoms with Crippen LogP contribution in [0.5, 0.6) is 17.2 Å². The van der Waals surface area contributed by atoms with Crippen LogP contribution in [0, 0.1) is 0 Å². The van der Waals surface area contributed by atoms with Crippen LogP contribution in [0.3, 0.4) is 0 Å². The number of amides is 2. The number of ether oxygens (including phenoxy) is 3. The number of nitrogens with zero attached hydrogens (tertiary/aromatic N) is 3. The molecule has 0 saturated carbocycles. The molecule has 2 N–H and O–H groups in total. The third-order valence-electron chi connectivity index (χ3n) is 3.98. The largest absolute Gasteiger partial charge is 0.496 e. The van der Waals surface area contributed by atoms with E-state index >= 15 is 0 Å². The van der Waals surface area contributed by atoms with Crippen molar-refractivity contribution in [1.82, 2.24) is 15.6 Å². The smallest absolute Gasteiger partial charge is 0.329 e. The molecule has 0 fully saturated rings. The molecule has 0 bridgehead atoms. The van der Waals surface area contributed by atoms with E-state index in [1.807, 2.05) is 30.3 Å². The summed E-state index contributed by atoms with van der Waals surface area (Å²) in [6, 6.07) is 12.6. The van der Waals surface area contributed by atoms with Gasteiger partial charge in [0.15, 0.2) is 11.5 Å². The molecule has 3 aromatic rings. The molecule has 1 aromatic heterocycles. The van der Waals surface area contributed by atoms with E-state index in [2.05, 4.69) is 26.0 Å². The highest BCUT2D eigenvalue weighted by molar-refractivity contribution is 7.18. The Hall–Kier alpha value is -3.99. The maximum atomic E-state index is 12.1. The molecule has 160 valence electrons.